The van der Waals surface area contributed by atoms with Crippen molar-refractivity contribution in [3.05, 3.63) is 30.1 Å². The average Bonchev–Trinajstić information content (AvgIpc) is 2.43. The summed E-state index contributed by atoms with van der Waals surface area (Å²) >= 11 is 0. The molecule has 1 fully saturated rings. The molecule has 1 saturated carbocycles. The highest BCUT2D eigenvalue weighted by atomic mass is 16.2. The van der Waals surface area contributed by atoms with Crippen LogP contribution in [0.2, 0.25) is 0 Å². The van der Waals surface area contributed by atoms with Gasteiger partial charge < -0.3 is 10.6 Å². The summed E-state index contributed by atoms with van der Waals surface area (Å²) in [6, 6.07) is 6.13. The molecule has 2 unspecified atom stereocenters. The van der Waals surface area contributed by atoms with Gasteiger partial charge in [-0.25, -0.2) is 4.79 Å². The van der Waals surface area contributed by atoms with E-state index in [9.17, 15) is 4.79 Å². The summed E-state index contributed by atoms with van der Waals surface area (Å²) in [5.74, 6) is 0.593. The molecule has 1 aromatic heterocycles. The Bertz CT molecular complexity index is 394. The third-order valence-corrected chi connectivity index (χ3v) is 3.82. The first-order valence-corrected chi connectivity index (χ1v) is 7.20. The van der Waals surface area contributed by atoms with Gasteiger partial charge in [0.15, 0.2) is 0 Å². The summed E-state index contributed by atoms with van der Waals surface area (Å²) in [5.41, 5.74) is 1.01. The highest BCUT2D eigenvalue weighted by Gasteiger charge is 2.22. The maximum absolute atomic E-state index is 11.8. The van der Waals surface area contributed by atoms with Gasteiger partial charge in [0.25, 0.3) is 0 Å². The fraction of sp³-hybridized carbons (Fsp3) is 0.600. The van der Waals surface area contributed by atoms with Crippen LogP contribution in [-0.4, -0.2) is 23.6 Å². The zero-order valence-electron chi connectivity index (χ0n) is 11.6. The number of urea groups is 1. The lowest BCUT2D eigenvalue weighted by atomic mass is 9.86. The number of aromatic nitrogens is 1. The molecule has 1 aromatic rings. The molecule has 2 atom stereocenters. The van der Waals surface area contributed by atoms with E-state index in [-0.39, 0.29) is 6.03 Å². The van der Waals surface area contributed by atoms with Crippen molar-refractivity contribution < 1.29 is 4.79 Å². The summed E-state index contributed by atoms with van der Waals surface area (Å²) in [4.78, 5) is 16.0. The Kier molecular flexibility index (Phi) is 5.19. The number of carbonyl (C=O) groups is 1. The third-order valence-electron chi connectivity index (χ3n) is 3.82. The van der Waals surface area contributed by atoms with Crippen LogP contribution in [0.3, 0.4) is 0 Å². The van der Waals surface area contributed by atoms with E-state index in [4.69, 9.17) is 0 Å². The van der Waals surface area contributed by atoms with E-state index >= 15 is 0 Å². The summed E-state index contributed by atoms with van der Waals surface area (Å²) in [6.07, 6.45) is 7.39. The number of nitrogens with one attached hydrogen (secondary N) is 2. The van der Waals surface area contributed by atoms with Crippen LogP contribution in [0.5, 0.6) is 0 Å². The van der Waals surface area contributed by atoms with Crippen molar-refractivity contribution in [2.24, 2.45) is 5.92 Å². The van der Waals surface area contributed by atoms with E-state index < -0.39 is 0 Å². The maximum Gasteiger partial charge on any atom is 0.315 e. The molecule has 2 N–H and O–H groups in total. The molecule has 0 bridgehead atoms. The van der Waals surface area contributed by atoms with Gasteiger partial charge in [0.05, 0.1) is 0 Å². The molecule has 1 heterocycles. The molecular weight excluding hydrogens is 238 g/mol. The Morgan fingerprint density at radius 2 is 2.21 bits per heavy atom. The van der Waals surface area contributed by atoms with Gasteiger partial charge in [0.1, 0.15) is 0 Å². The van der Waals surface area contributed by atoms with Crippen molar-refractivity contribution in [3.8, 4) is 0 Å². The number of carbonyl (C=O) groups excluding carboxylic acids is 1. The first-order chi connectivity index (χ1) is 9.25. The predicted octanol–water partition coefficient (Wildman–Crippen LogP) is 2.50. The molecule has 2 amide bonds. The van der Waals surface area contributed by atoms with Crippen LogP contribution in [0.15, 0.2) is 24.4 Å². The van der Waals surface area contributed by atoms with Crippen LogP contribution >= 0.6 is 0 Å². The van der Waals surface area contributed by atoms with Crippen molar-refractivity contribution in [1.82, 2.24) is 15.6 Å². The highest BCUT2D eigenvalue weighted by Crippen LogP contribution is 2.23. The SMILES string of the molecule is CC1CCCCC1NC(=O)NCCc1ccccn1. The molecule has 2 rings (SSSR count). The van der Waals surface area contributed by atoms with E-state index in [2.05, 4.69) is 22.5 Å². The number of pyridine rings is 1. The second-order valence-corrected chi connectivity index (χ2v) is 5.34. The molecular formula is C15H23N3O. The minimum absolute atomic E-state index is 0.0466. The number of hydrogen-bond donors (Lipinski definition) is 2. The van der Waals surface area contributed by atoms with Crippen LogP contribution < -0.4 is 10.6 Å². The summed E-state index contributed by atoms with van der Waals surface area (Å²) in [5, 5.41) is 5.99. The summed E-state index contributed by atoms with van der Waals surface area (Å²) < 4.78 is 0. The fourth-order valence-corrected chi connectivity index (χ4v) is 2.60. The fourth-order valence-electron chi connectivity index (χ4n) is 2.60. The summed E-state index contributed by atoms with van der Waals surface area (Å²) in [6.45, 7) is 2.85. The lowest BCUT2D eigenvalue weighted by Crippen LogP contribution is -2.46. The lowest BCUT2D eigenvalue weighted by Gasteiger charge is -2.29. The zero-order chi connectivity index (χ0) is 13.5. The lowest BCUT2D eigenvalue weighted by molar-refractivity contribution is 0.222. The number of amides is 2. The topological polar surface area (TPSA) is 54.0 Å². The highest BCUT2D eigenvalue weighted by molar-refractivity contribution is 5.74. The van der Waals surface area contributed by atoms with Gasteiger partial charge in [0, 0.05) is 30.9 Å². The molecule has 4 nitrogen and oxygen atoms in total. The van der Waals surface area contributed by atoms with Crippen molar-refractivity contribution in [2.75, 3.05) is 6.54 Å². The van der Waals surface area contributed by atoms with Gasteiger partial charge in [-0.1, -0.05) is 25.8 Å². The van der Waals surface area contributed by atoms with Crippen LogP contribution in [0.25, 0.3) is 0 Å². The molecule has 1 aliphatic carbocycles. The van der Waals surface area contributed by atoms with Gasteiger partial charge in [-0.15, -0.1) is 0 Å². The van der Waals surface area contributed by atoms with Crippen LogP contribution in [0.4, 0.5) is 4.79 Å². The molecule has 1 aliphatic rings. The number of rotatable bonds is 4. The smallest absolute Gasteiger partial charge is 0.315 e. The van der Waals surface area contributed by atoms with E-state index in [1.807, 2.05) is 18.2 Å². The van der Waals surface area contributed by atoms with Crippen molar-refractivity contribution in [1.29, 1.82) is 0 Å². The molecule has 4 heteroatoms. The Morgan fingerprint density at radius 3 is 2.95 bits per heavy atom. The monoisotopic (exact) mass is 261 g/mol. The molecule has 104 valence electrons. The molecule has 0 aromatic carbocycles. The van der Waals surface area contributed by atoms with Gasteiger partial charge in [-0.3, -0.25) is 4.98 Å². The standard InChI is InChI=1S/C15H23N3O/c1-12-6-2-3-8-14(12)18-15(19)17-11-9-13-7-4-5-10-16-13/h4-5,7,10,12,14H,2-3,6,8-9,11H2,1H3,(H2,17,18,19). The van der Waals surface area contributed by atoms with Gasteiger partial charge >= 0.3 is 6.03 Å². The van der Waals surface area contributed by atoms with E-state index in [1.54, 1.807) is 6.20 Å². The third kappa shape index (κ3) is 4.54. The van der Waals surface area contributed by atoms with Crippen molar-refractivity contribution >= 4 is 6.03 Å². The maximum atomic E-state index is 11.8. The van der Waals surface area contributed by atoms with Gasteiger partial charge in [-0.05, 0) is 30.9 Å². The molecule has 0 radical (unpaired) electrons. The zero-order valence-corrected chi connectivity index (χ0v) is 11.6. The Balaban J connectivity index is 1.67. The predicted molar refractivity (Wildman–Crippen MR) is 75.9 cm³/mol. The minimum atomic E-state index is -0.0466. The van der Waals surface area contributed by atoms with E-state index in [0.29, 0.717) is 18.5 Å². The minimum Gasteiger partial charge on any atom is -0.338 e. The van der Waals surface area contributed by atoms with Crippen LogP contribution in [0.1, 0.15) is 38.3 Å². The normalized spacial score (nSPS) is 22.8. The summed E-state index contributed by atoms with van der Waals surface area (Å²) in [7, 11) is 0. The average molecular weight is 261 g/mol. The largest absolute Gasteiger partial charge is 0.338 e. The van der Waals surface area contributed by atoms with E-state index in [1.165, 1.54) is 19.3 Å². The van der Waals surface area contributed by atoms with Crippen molar-refractivity contribution in [2.45, 2.75) is 45.1 Å². The van der Waals surface area contributed by atoms with Crippen LogP contribution in [-0.2, 0) is 6.42 Å². The Morgan fingerprint density at radius 1 is 1.37 bits per heavy atom. The number of hydrogen-bond acceptors (Lipinski definition) is 2. The first kappa shape index (κ1) is 13.8. The molecule has 0 aliphatic heterocycles. The van der Waals surface area contributed by atoms with Gasteiger partial charge in [0.2, 0.25) is 0 Å². The second-order valence-electron chi connectivity index (χ2n) is 5.34. The molecule has 0 spiro atoms. The number of nitrogens with zero attached hydrogens (tertiary/aromatic N) is 1. The quantitative estimate of drug-likeness (QED) is 0.875. The van der Waals surface area contributed by atoms with Crippen LogP contribution in [0, 0.1) is 5.92 Å². The second kappa shape index (κ2) is 7.12. The first-order valence-electron chi connectivity index (χ1n) is 7.20. The Labute approximate surface area is 115 Å². The molecule has 19 heavy (non-hydrogen) atoms. The Hall–Kier alpha value is -1.58. The van der Waals surface area contributed by atoms with Crippen molar-refractivity contribution in [3.63, 3.8) is 0 Å². The van der Waals surface area contributed by atoms with Gasteiger partial charge in [-0.2, -0.15) is 0 Å². The molecule has 0 saturated heterocycles. The van der Waals surface area contributed by atoms with E-state index in [0.717, 1.165) is 18.5 Å².